The Kier molecular flexibility index (Phi) is 6.41. The van der Waals surface area contributed by atoms with E-state index in [4.69, 9.17) is 4.74 Å². The van der Waals surface area contributed by atoms with Crippen molar-refractivity contribution in [3.8, 4) is 0 Å². The smallest absolute Gasteiger partial charge is 0.407 e. The minimum atomic E-state index is -1.18. The van der Waals surface area contributed by atoms with Gasteiger partial charge in [-0.25, -0.2) is 9.18 Å². The molecule has 2 amide bonds. The summed E-state index contributed by atoms with van der Waals surface area (Å²) in [5, 5.41) is 17.6. The Bertz CT molecular complexity index is 1090. The van der Waals surface area contributed by atoms with Gasteiger partial charge in [-0.05, 0) is 43.9 Å². The Morgan fingerprint density at radius 3 is 2.55 bits per heavy atom. The van der Waals surface area contributed by atoms with Gasteiger partial charge in [-0.2, -0.15) is 5.10 Å². The lowest BCUT2D eigenvalue weighted by atomic mass is 9.69. The predicted molar refractivity (Wildman–Crippen MR) is 119 cm³/mol. The van der Waals surface area contributed by atoms with Crippen LogP contribution in [0.4, 0.5) is 9.18 Å². The number of halogens is 1. The van der Waals surface area contributed by atoms with Crippen molar-refractivity contribution in [2.75, 3.05) is 13.7 Å². The number of hydrogen-bond donors (Lipinski definition) is 2. The number of ether oxygens (including phenoxy) is 1. The molecule has 1 aromatic carbocycles. The number of rotatable bonds is 5. The van der Waals surface area contributed by atoms with Crippen LogP contribution in [0.3, 0.4) is 0 Å². The van der Waals surface area contributed by atoms with E-state index in [1.165, 1.54) is 24.1 Å². The Labute approximate surface area is 191 Å². The van der Waals surface area contributed by atoms with Crippen molar-refractivity contribution in [1.82, 2.24) is 20.0 Å². The third-order valence-corrected chi connectivity index (χ3v) is 6.50. The summed E-state index contributed by atoms with van der Waals surface area (Å²) in [7, 11) is 1.26. The molecule has 1 aromatic heterocycles. The first kappa shape index (κ1) is 24.5. The number of likely N-dealkylation sites (tertiary alicyclic amines) is 1. The molecule has 0 saturated carbocycles. The van der Waals surface area contributed by atoms with Crippen LogP contribution >= 0.6 is 0 Å². The molecule has 2 aromatic rings. The molecule has 9 nitrogen and oxygen atoms in total. The van der Waals surface area contributed by atoms with Gasteiger partial charge in [-0.3, -0.25) is 19.2 Å². The fourth-order valence-corrected chi connectivity index (χ4v) is 4.72. The molecule has 1 aliphatic rings. The zero-order valence-electron chi connectivity index (χ0n) is 19.8. The lowest BCUT2D eigenvalue weighted by molar-refractivity contribution is -0.145. The molecule has 1 saturated heterocycles. The Morgan fingerprint density at radius 2 is 2.00 bits per heavy atom. The molecule has 0 radical (unpaired) electrons. The van der Waals surface area contributed by atoms with E-state index in [0.717, 1.165) is 0 Å². The minimum absolute atomic E-state index is 0.00647. The second-order valence-corrected chi connectivity index (χ2v) is 9.85. The van der Waals surface area contributed by atoms with Crippen LogP contribution in [0.25, 0.3) is 10.9 Å². The highest BCUT2D eigenvalue weighted by Gasteiger charge is 2.56. The number of amides is 2. The molecule has 33 heavy (non-hydrogen) atoms. The topological polar surface area (TPSA) is 114 Å². The van der Waals surface area contributed by atoms with E-state index < -0.39 is 40.8 Å². The molecule has 10 heteroatoms. The first-order valence-electron chi connectivity index (χ1n) is 10.9. The van der Waals surface area contributed by atoms with E-state index >= 15 is 0 Å². The summed E-state index contributed by atoms with van der Waals surface area (Å²) >= 11 is 0. The van der Waals surface area contributed by atoms with Crippen molar-refractivity contribution >= 4 is 28.9 Å². The highest BCUT2D eigenvalue weighted by Crippen LogP contribution is 2.46. The maximum Gasteiger partial charge on any atom is 0.407 e. The van der Waals surface area contributed by atoms with E-state index in [1.807, 2.05) is 34.6 Å². The summed E-state index contributed by atoms with van der Waals surface area (Å²) in [5.41, 5.74) is -0.991. The van der Waals surface area contributed by atoms with E-state index in [9.17, 15) is 23.9 Å². The number of carbonyl (C=O) groups is 3. The number of nitrogens with zero attached hydrogens (tertiary/aromatic N) is 3. The molecule has 0 aliphatic carbocycles. The zero-order valence-corrected chi connectivity index (χ0v) is 19.8. The van der Waals surface area contributed by atoms with Crippen LogP contribution in [0, 0.1) is 11.2 Å². The molecule has 2 N–H and O–H groups in total. The quantitative estimate of drug-likeness (QED) is 0.657. The number of fused-ring (bicyclic) bond motifs is 1. The van der Waals surface area contributed by atoms with Gasteiger partial charge in [0, 0.05) is 24.0 Å². The third kappa shape index (κ3) is 4.38. The first-order chi connectivity index (χ1) is 15.3. The third-order valence-electron chi connectivity index (χ3n) is 6.50. The molecule has 2 atom stereocenters. The Morgan fingerprint density at radius 1 is 1.33 bits per heavy atom. The van der Waals surface area contributed by atoms with Crippen molar-refractivity contribution in [2.45, 2.75) is 65.1 Å². The molecule has 3 rings (SSSR count). The van der Waals surface area contributed by atoms with Crippen LogP contribution < -0.4 is 5.32 Å². The molecule has 1 aliphatic heterocycles. The number of nitrogens with one attached hydrogen (secondary N) is 1. The molecule has 0 unspecified atom stereocenters. The number of carbonyl (C=O) groups excluding carboxylic acids is 2. The first-order valence-corrected chi connectivity index (χ1v) is 10.9. The summed E-state index contributed by atoms with van der Waals surface area (Å²) in [6.07, 6.45) is -1.09. The highest BCUT2D eigenvalue weighted by atomic mass is 19.1. The van der Waals surface area contributed by atoms with Crippen LogP contribution in [0.5, 0.6) is 0 Å². The van der Waals surface area contributed by atoms with Crippen LogP contribution in [0.2, 0.25) is 0 Å². The Hall–Kier alpha value is -3.17. The summed E-state index contributed by atoms with van der Waals surface area (Å²) in [6.45, 7) is 9.39. The van der Waals surface area contributed by atoms with Gasteiger partial charge in [0.15, 0.2) is 5.69 Å². The van der Waals surface area contributed by atoms with E-state index in [2.05, 4.69) is 10.4 Å². The monoisotopic (exact) mass is 462 g/mol. The summed E-state index contributed by atoms with van der Waals surface area (Å²) in [6, 6.07) is 3.55. The van der Waals surface area contributed by atoms with Gasteiger partial charge < -0.3 is 15.2 Å². The summed E-state index contributed by atoms with van der Waals surface area (Å²) in [4.78, 5) is 38.8. The van der Waals surface area contributed by atoms with Crippen molar-refractivity contribution in [3.63, 3.8) is 0 Å². The summed E-state index contributed by atoms with van der Waals surface area (Å²) in [5.74, 6) is -1.54. The van der Waals surface area contributed by atoms with Gasteiger partial charge in [-0.15, -0.1) is 0 Å². The van der Waals surface area contributed by atoms with Crippen LogP contribution in [0.1, 0.15) is 64.0 Å². The van der Waals surface area contributed by atoms with E-state index in [1.54, 1.807) is 10.7 Å². The van der Waals surface area contributed by atoms with Crippen molar-refractivity contribution < 1.29 is 28.6 Å². The van der Waals surface area contributed by atoms with Crippen LogP contribution in [0.15, 0.2) is 18.2 Å². The number of carboxylic acid groups (broad SMARTS) is 1. The van der Waals surface area contributed by atoms with Crippen LogP contribution in [-0.2, 0) is 9.53 Å². The second kappa shape index (κ2) is 8.64. The van der Waals surface area contributed by atoms with Gasteiger partial charge in [0.05, 0.1) is 24.6 Å². The van der Waals surface area contributed by atoms with Gasteiger partial charge in [0.2, 0.25) is 0 Å². The zero-order chi connectivity index (χ0) is 24.7. The number of esters is 1. The predicted octanol–water partition coefficient (Wildman–Crippen LogP) is 3.59. The number of hydrogen-bond acceptors (Lipinski definition) is 5. The maximum absolute atomic E-state index is 13.9. The SMILES string of the molecule is COC(=O)C[C@]1(C(C)(C)C)C[C@H](NC(=O)c2nn(C(C)C)c3ccc(F)cc23)CN1C(=O)O. The maximum atomic E-state index is 13.9. The minimum Gasteiger partial charge on any atom is -0.469 e. The van der Waals surface area contributed by atoms with E-state index in [0.29, 0.717) is 10.9 Å². The lowest BCUT2D eigenvalue weighted by Crippen LogP contribution is -2.56. The molecule has 180 valence electrons. The molecule has 0 spiro atoms. The lowest BCUT2D eigenvalue weighted by Gasteiger charge is -2.46. The van der Waals surface area contributed by atoms with Crippen molar-refractivity contribution in [2.24, 2.45) is 5.41 Å². The van der Waals surface area contributed by atoms with Crippen molar-refractivity contribution in [1.29, 1.82) is 0 Å². The van der Waals surface area contributed by atoms with Gasteiger partial charge in [-0.1, -0.05) is 20.8 Å². The van der Waals surface area contributed by atoms with E-state index in [-0.39, 0.29) is 31.1 Å². The van der Waals surface area contributed by atoms with Gasteiger partial charge in [0.1, 0.15) is 5.82 Å². The van der Waals surface area contributed by atoms with Crippen LogP contribution in [-0.4, -0.2) is 63.0 Å². The fraction of sp³-hybridized carbons (Fsp3) is 0.565. The number of benzene rings is 1. The average molecular weight is 463 g/mol. The Balaban J connectivity index is 1.96. The largest absolute Gasteiger partial charge is 0.469 e. The standard InChI is InChI=1S/C23H31FN4O5/c1-13(2)28-17-8-7-14(24)9-16(17)19(26-28)20(30)25-15-10-23(22(3,4)5,11-18(29)33-6)27(12-15)21(31)32/h7-9,13,15H,10-12H2,1-6H3,(H,25,30)(H,31,32)/t15-,23-/m0/s1. The highest BCUT2D eigenvalue weighted by molar-refractivity contribution is 6.05. The second-order valence-electron chi connectivity index (χ2n) is 9.85. The molecule has 2 heterocycles. The average Bonchev–Trinajstić information content (AvgIpc) is 3.26. The molecular formula is C23H31FN4O5. The molecule has 1 fully saturated rings. The normalized spacial score (nSPS) is 21.0. The van der Waals surface area contributed by atoms with Crippen molar-refractivity contribution in [3.05, 3.63) is 29.7 Å². The fourth-order valence-electron chi connectivity index (χ4n) is 4.72. The van der Waals surface area contributed by atoms with Gasteiger partial charge >= 0.3 is 12.1 Å². The van der Waals surface area contributed by atoms with Gasteiger partial charge in [0.25, 0.3) is 5.91 Å². The number of aromatic nitrogens is 2. The number of methoxy groups -OCH3 is 1. The molecular weight excluding hydrogens is 431 g/mol. The molecule has 0 bridgehead atoms. The summed E-state index contributed by atoms with van der Waals surface area (Å²) < 4.78 is 20.4.